The van der Waals surface area contributed by atoms with Crippen molar-refractivity contribution in [3.8, 4) is 22.5 Å². The van der Waals surface area contributed by atoms with Gasteiger partial charge in [0.15, 0.2) is 0 Å². The van der Waals surface area contributed by atoms with Crippen molar-refractivity contribution in [1.29, 1.82) is 0 Å². The van der Waals surface area contributed by atoms with Crippen LogP contribution in [-0.2, 0) is 10.1 Å². The molecule has 0 bridgehead atoms. The van der Waals surface area contributed by atoms with Crippen LogP contribution in [0.25, 0.3) is 33.4 Å². The largest absolute Gasteiger partial charge is 0.456 e. The first kappa shape index (κ1) is 28.1. The third-order valence-electron chi connectivity index (χ3n) is 6.81. The summed E-state index contributed by atoms with van der Waals surface area (Å²) in [5.74, 6) is 0.534. The van der Waals surface area contributed by atoms with Gasteiger partial charge in [-0.2, -0.15) is 8.42 Å². The number of benzene rings is 5. The molecule has 1 aliphatic carbocycles. The topological polar surface area (TPSA) is 91.9 Å². The molecule has 0 spiro atoms. The number of thioether (sulfide) groups is 2. The maximum Gasteiger partial charge on any atom is 0.295 e. The number of hydrogen-bond acceptors (Lipinski definition) is 7. The van der Waals surface area contributed by atoms with Gasteiger partial charge in [-0.05, 0) is 79.2 Å². The first-order valence-electron chi connectivity index (χ1n) is 13.0. The van der Waals surface area contributed by atoms with Crippen molar-refractivity contribution in [1.82, 2.24) is 0 Å². The lowest BCUT2D eigenvalue weighted by Crippen LogP contribution is -2.05. The van der Waals surface area contributed by atoms with Crippen LogP contribution in [0.1, 0.15) is 0 Å². The Morgan fingerprint density at radius 3 is 2.26 bits per heavy atom. The summed E-state index contributed by atoms with van der Waals surface area (Å²) >= 11 is 3.31. The molecule has 1 aliphatic heterocycles. The van der Waals surface area contributed by atoms with Gasteiger partial charge in [-0.25, -0.2) is 4.99 Å². The first-order chi connectivity index (χ1) is 20.3. The van der Waals surface area contributed by atoms with E-state index in [-0.39, 0.29) is 4.90 Å². The number of nitrogens with one attached hydrogen (secondary N) is 1. The van der Waals surface area contributed by atoms with Crippen LogP contribution < -0.4 is 10.7 Å². The van der Waals surface area contributed by atoms with Crippen molar-refractivity contribution in [2.45, 2.75) is 14.7 Å². The third-order valence-corrected chi connectivity index (χ3v) is 9.17. The van der Waals surface area contributed by atoms with Gasteiger partial charge < -0.3 is 9.73 Å². The van der Waals surface area contributed by atoms with E-state index in [2.05, 4.69) is 17.4 Å². The lowest BCUT2D eigenvalue weighted by atomic mass is 9.93. The normalized spacial score (nSPS) is 12.2. The molecule has 2 N–H and O–H groups in total. The van der Waals surface area contributed by atoms with Crippen molar-refractivity contribution < 1.29 is 17.4 Å². The lowest BCUT2D eigenvalue weighted by Gasteiger charge is -2.18. The zero-order valence-corrected chi connectivity index (χ0v) is 25.2. The SMILES string of the molecule is CSc1cccc(/N=c2\ccc3c(-c4ccccc4S(=O)(=O)O)c4ccc(Nc5cccc(SC)c5)cc4oc-3c2)c1. The smallest absolute Gasteiger partial charge is 0.295 e. The molecule has 0 saturated heterocycles. The molecule has 42 heavy (non-hydrogen) atoms. The van der Waals surface area contributed by atoms with E-state index in [1.807, 2.05) is 85.3 Å². The summed E-state index contributed by atoms with van der Waals surface area (Å²) in [6.45, 7) is 0. The van der Waals surface area contributed by atoms with Crippen molar-refractivity contribution in [2.75, 3.05) is 17.8 Å². The second-order valence-corrected chi connectivity index (χ2v) is 12.7. The fourth-order valence-electron chi connectivity index (χ4n) is 4.91. The minimum atomic E-state index is -4.50. The molecule has 6 rings (SSSR count). The van der Waals surface area contributed by atoms with E-state index in [1.165, 1.54) is 6.07 Å². The lowest BCUT2D eigenvalue weighted by molar-refractivity contribution is 0.483. The van der Waals surface area contributed by atoms with Gasteiger partial charge in [-0.1, -0.05) is 30.3 Å². The van der Waals surface area contributed by atoms with Crippen LogP contribution in [0.4, 0.5) is 17.1 Å². The Kier molecular flexibility index (Phi) is 7.83. The Labute approximate surface area is 252 Å². The number of rotatable bonds is 7. The number of fused-ring (bicyclic) bond motifs is 2. The van der Waals surface area contributed by atoms with Gasteiger partial charge in [0.1, 0.15) is 16.2 Å². The number of hydrogen-bond donors (Lipinski definition) is 2. The van der Waals surface area contributed by atoms with E-state index >= 15 is 0 Å². The second-order valence-electron chi connectivity index (χ2n) is 9.51. The van der Waals surface area contributed by atoms with Crippen LogP contribution >= 0.6 is 23.5 Å². The summed E-state index contributed by atoms with van der Waals surface area (Å²) in [6, 6.07) is 33.9. The zero-order valence-electron chi connectivity index (χ0n) is 22.7. The predicted octanol–water partition coefficient (Wildman–Crippen LogP) is 8.87. The first-order valence-corrected chi connectivity index (χ1v) is 16.9. The Balaban J connectivity index is 1.58. The third kappa shape index (κ3) is 5.82. The molecule has 4 aromatic rings. The molecular weight excluding hydrogens is 585 g/mol. The van der Waals surface area contributed by atoms with Crippen LogP contribution in [-0.4, -0.2) is 25.5 Å². The van der Waals surface area contributed by atoms with Crippen molar-refractivity contribution >= 4 is 61.7 Å². The fraction of sp³-hybridized carbons (Fsp3) is 0.0606. The Bertz CT molecular complexity index is 2090. The molecular formula is C33H26N2O4S3. The highest BCUT2D eigenvalue weighted by Crippen LogP contribution is 2.43. The molecule has 1 heterocycles. The molecule has 0 atom stereocenters. The molecule has 0 unspecified atom stereocenters. The van der Waals surface area contributed by atoms with E-state index in [9.17, 15) is 13.0 Å². The molecule has 4 aromatic carbocycles. The molecule has 0 amide bonds. The summed E-state index contributed by atoms with van der Waals surface area (Å²) in [4.78, 5) is 6.89. The molecule has 6 nitrogen and oxygen atoms in total. The molecule has 9 heteroatoms. The van der Waals surface area contributed by atoms with Crippen LogP contribution in [0, 0.1) is 0 Å². The maximum atomic E-state index is 12.4. The van der Waals surface area contributed by atoms with Crippen molar-refractivity contribution in [2.24, 2.45) is 4.99 Å². The van der Waals surface area contributed by atoms with Crippen LogP contribution in [0.5, 0.6) is 0 Å². The highest BCUT2D eigenvalue weighted by atomic mass is 32.2. The average Bonchev–Trinajstić information content (AvgIpc) is 2.99. The highest BCUT2D eigenvalue weighted by molar-refractivity contribution is 7.98. The second kappa shape index (κ2) is 11.7. The van der Waals surface area contributed by atoms with Crippen LogP contribution in [0.15, 0.2) is 133 Å². The summed E-state index contributed by atoms with van der Waals surface area (Å²) < 4.78 is 41.4. The number of nitrogens with zero attached hydrogens (tertiary/aromatic N) is 1. The van der Waals surface area contributed by atoms with E-state index < -0.39 is 10.1 Å². The van der Waals surface area contributed by atoms with E-state index in [0.29, 0.717) is 38.8 Å². The molecule has 210 valence electrons. The summed E-state index contributed by atoms with van der Waals surface area (Å²) in [6.07, 6.45) is 4.05. The Hall–Kier alpha value is -4.02. The van der Waals surface area contributed by atoms with Crippen molar-refractivity contribution in [3.63, 3.8) is 0 Å². The number of anilines is 2. The maximum absolute atomic E-state index is 12.4. The van der Waals surface area contributed by atoms with Gasteiger partial charge in [0.25, 0.3) is 10.1 Å². The Morgan fingerprint density at radius 1 is 0.738 bits per heavy atom. The molecule has 0 aromatic heterocycles. The monoisotopic (exact) mass is 610 g/mol. The van der Waals surface area contributed by atoms with E-state index in [4.69, 9.17) is 9.41 Å². The predicted molar refractivity (Wildman–Crippen MR) is 173 cm³/mol. The molecule has 0 fully saturated rings. The van der Waals surface area contributed by atoms with Gasteiger partial charge in [-0.15, -0.1) is 23.5 Å². The summed E-state index contributed by atoms with van der Waals surface area (Å²) in [5.41, 5.74) is 4.85. The molecule has 0 radical (unpaired) electrons. The fourth-order valence-corrected chi connectivity index (χ4v) is 6.52. The quantitative estimate of drug-likeness (QED) is 0.106. The van der Waals surface area contributed by atoms with Gasteiger partial charge in [0.05, 0.1) is 11.0 Å². The van der Waals surface area contributed by atoms with Gasteiger partial charge >= 0.3 is 0 Å². The van der Waals surface area contributed by atoms with E-state index in [0.717, 1.165) is 26.9 Å². The van der Waals surface area contributed by atoms with Gasteiger partial charge in [0.2, 0.25) is 0 Å². The zero-order chi connectivity index (χ0) is 29.3. The van der Waals surface area contributed by atoms with Gasteiger partial charge in [0, 0.05) is 55.4 Å². The van der Waals surface area contributed by atoms with Gasteiger partial charge in [-0.3, -0.25) is 4.55 Å². The Morgan fingerprint density at radius 2 is 1.48 bits per heavy atom. The summed E-state index contributed by atoms with van der Waals surface area (Å²) in [5, 5.41) is 4.84. The standard InChI is InChI=1S/C33H26N2O4S3/c1-40-25-9-5-7-21(17-25)34-23-13-15-27-30(19-23)39-31-20-24(35-22-8-6-10-26(18-22)41-2)14-16-28(31)33(27)29-11-3-4-12-32(29)42(36,37)38/h3-20,34H,1-2H3,(H,36,37,38)/b35-24+. The van der Waals surface area contributed by atoms with Crippen LogP contribution in [0.2, 0.25) is 0 Å². The molecule has 0 saturated carbocycles. The van der Waals surface area contributed by atoms with Crippen molar-refractivity contribution in [3.05, 3.63) is 115 Å². The minimum absolute atomic E-state index is 0.169. The van der Waals surface area contributed by atoms with Crippen LogP contribution in [0.3, 0.4) is 0 Å². The summed E-state index contributed by atoms with van der Waals surface area (Å²) in [7, 11) is -4.50. The highest BCUT2D eigenvalue weighted by Gasteiger charge is 2.23. The average molecular weight is 611 g/mol. The molecule has 2 aliphatic rings. The minimum Gasteiger partial charge on any atom is -0.456 e. The van der Waals surface area contributed by atoms with E-state index in [1.54, 1.807) is 41.7 Å².